The highest BCUT2D eigenvalue weighted by Gasteiger charge is 2.24. The van der Waals surface area contributed by atoms with Crippen LogP contribution in [-0.4, -0.2) is 53.3 Å². The summed E-state index contributed by atoms with van der Waals surface area (Å²) in [5, 5.41) is 9.83. The number of benzene rings is 3. The Balaban J connectivity index is 1.59. The highest BCUT2D eigenvalue weighted by Crippen LogP contribution is 2.27. The fourth-order valence-electron chi connectivity index (χ4n) is 4.14. The molecule has 1 N–H and O–H groups in total. The summed E-state index contributed by atoms with van der Waals surface area (Å²) in [5.41, 5.74) is 3.10. The lowest BCUT2D eigenvalue weighted by atomic mass is 9.92. The van der Waals surface area contributed by atoms with E-state index in [2.05, 4.69) is 26.1 Å². The summed E-state index contributed by atoms with van der Waals surface area (Å²) < 4.78 is 6.98. The molecule has 0 aliphatic carbocycles. The molecule has 0 unspecified atom stereocenters. The van der Waals surface area contributed by atoms with Crippen LogP contribution in [0.5, 0.6) is 0 Å². The Bertz CT molecular complexity index is 1420. The zero-order chi connectivity index (χ0) is 26.6. The highest BCUT2D eigenvalue weighted by atomic mass is 16.5. The van der Waals surface area contributed by atoms with E-state index in [1.165, 1.54) is 4.90 Å². The molecule has 1 aromatic heterocycles. The lowest BCUT2D eigenvalue weighted by Gasteiger charge is -2.22. The van der Waals surface area contributed by atoms with Gasteiger partial charge < -0.3 is 15.0 Å². The first-order valence-electron chi connectivity index (χ1n) is 12.4. The first-order chi connectivity index (χ1) is 17.7. The standard InChI is InChI=1S/C30H34N4O3/c1-21-10-6-9-13-25(21)34-27(19-26(32-34)30(2,3)4)31-28(35)20-33(16-17-37-5)29(36)24-15-14-22-11-7-8-12-23(22)18-24/h6-15,18-19H,16-17,20H2,1-5H3,(H,31,35). The van der Waals surface area contributed by atoms with Gasteiger partial charge in [-0.15, -0.1) is 0 Å². The number of nitrogens with one attached hydrogen (secondary N) is 1. The molecule has 0 aliphatic heterocycles. The van der Waals surface area contributed by atoms with Crippen molar-refractivity contribution in [1.29, 1.82) is 0 Å². The van der Waals surface area contributed by atoms with Crippen LogP contribution in [0.2, 0.25) is 0 Å². The quantitative estimate of drug-likeness (QED) is 0.355. The van der Waals surface area contributed by atoms with Crippen LogP contribution >= 0.6 is 0 Å². The number of fused-ring (bicyclic) bond motifs is 1. The number of para-hydroxylation sites is 1. The van der Waals surface area contributed by atoms with Gasteiger partial charge in [-0.1, -0.05) is 69.3 Å². The molecule has 0 fully saturated rings. The van der Waals surface area contributed by atoms with Gasteiger partial charge in [0.1, 0.15) is 12.4 Å². The van der Waals surface area contributed by atoms with Crippen molar-refractivity contribution in [1.82, 2.24) is 14.7 Å². The Morgan fingerprint density at radius 2 is 1.68 bits per heavy atom. The second-order valence-electron chi connectivity index (χ2n) is 10.2. The van der Waals surface area contributed by atoms with E-state index >= 15 is 0 Å². The van der Waals surface area contributed by atoms with Crippen molar-refractivity contribution in [3.8, 4) is 5.69 Å². The minimum Gasteiger partial charge on any atom is -0.383 e. The number of aromatic nitrogens is 2. The van der Waals surface area contributed by atoms with Crippen LogP contribution in [0.1, 0.15) is 42.4 Å². The Morgan fingerprint density at radius 3 is 2.38 bits per heavy atom. The van der Waals surface area contributed by atoms with Crippen LogP contribution in [0.25, 0.3) is 16.5 Å². The van der Waals surface area contributed by atoms with E-state index in [1.54, 1.807) is 17.9 Å². The van der Waals surface area contributed by atoms with Crippen LogP contribution in [0, 0.1) is 6.92 Å². The van der Waals surface area contributed by atoms with E-state index < -0.39 is 0 Å². The van der Waals surface area contributed by atoms with Gasteiger partial charge in [-0.05, 0) is 41.5 Å². The molecule has 0 aliphatic rings. The molecule has 0 radical (unpaired) electrons. The molecule has 7 nitrogen and oxygen atoms in total. The maximum atomic E-state index is 13.4. The molecule has 4 rings (SSSR count). The Labute approximate surface area is 218 Å². The van der Waals surface area contributed by atoms with Crippen molar-refractivity contribution in [3.63, 3.8) is 0 Å². The maximum absolute atomic E-state index is 13.4. The number of nitrogens with zero attached hydrogens (tertiary/aromatic N) is 3. The molecule has 37 heavy (non-hydrogen) atoms. The van der Waals surface area contributed by atoms with E-state index in [0.717, 1.165) is 27.7 Å². The monoisotopic (exact) mass is 498 g/mol. The minimum absolute atomic E-state index is 0.112. The number of aryl methyl sites for hydroxylation is 1. The lowest BCUT2D eigenvalue weighted by molar-refractivity contribution is -0.117. The molecule has 3 aromatic carbocycles. The van der Waals surface area contributed by atoms with E-state index in [-0.39, 0.29) is 23.8 Å². The van der Waals surface area contributed by atoms with Crippen LogP contribution in [0.15, 0.2) is 72.8 Å². The molecule has 7 heteroatoms. The summed E-state index contributed by atoms with van der Waals surface area (Å²) in [6.45, 7) is 8.75. The maximum Gasteiger partial charge on any atom is 0.254 e. The number of carbonyl (C=O) groups excluding carboxylic acids is 2. The van der Waals surface area contributed by atoms with Crippen molar-refractivity contribution in [2.24, 2.45) is 0 Å². The number of carbonyl (C=O) groups is 2. The second-order valence-corrected chi connectivity index (χ2v) is 10.2. The summed E-state index contributed by atoms with van der Waals surface area (Å²) in [7, 11) is 1.58. The number of ether oxygens (including phenoxy) is 1. The normalized spacial score (nSPS) is 11.5. The molecule has 0 saturated carbocycles. The highest BCUT2D eigenvalue weighted by molar-refractivity contribution is 6.01. The van der Waals surface area contributed by atoms with Crippen molar-refractivity contribution < 1.29 is 14.3 Å². The molecule has 1 heterocycles. The molecule has 2 amide bonds. The smallest absolute Gasteiger partial charge is 0.254 e. The molecule has 0 bridgehead atoms. The Kier molecular flexibility index (Phi) is 7.74. The van der Waals surface area contributed by atoms with E-state index in [4.69, 9.17) is 9.84 Å². The largest absolute Gasteiger partial charge is 0.383 e. The second kappa shape index (κ2) is 11.0. The SMILES string of the molecule is COCCN(CC(=O)Nc1cc(C(C)(C)C)nn1-c1ccccc1C)C(=O)c1ccc2ccccc2c1. The number of hydrogen-bond acceptors (Lipinski definition) is 4. The summed E-state index contributed by atoms with van der Waals surface area (Å²) in [4.78, 5) is 28.2. The van der Waals surface area contributed by atoms with Crippen LogP contribution in [0.3, 0.4) is 0 Å². The van der Waals surface area contributed by atoms with Gasteiger partial charge in [-0.2, -0.15) is 5.10 Å². The molecular formula is C30H34N4O3. The van der Waals surface area contributed by atoms with E-state index in [0.29, 0.717) is 24.5 Å². The lowest BCUT2D eigenvalue weighted by Crippen LogP contribution is -2.40. The number of amides is 2. The van der Waals surface area contributed by atoms with E-state index in [1.807, 2.05) is 73.7 Å². The topological polar surface area (TPSA) is 76.5 Å². The third kappa shape index (κ3) is 6.06. The van der Waals surface area contributed by atoms with E-state index in [9.17, 15) is 9.59 Å². The third-order valence-corrected chi connectivity index (χ3v) is 6.27. The summed E-state index contributed by atoms with van der Waals surface area (Å²) in [5.74, 6) is 0.0373. The molecule has 0 atom stereocenters. The summed E-state index contributed by atoms with van der Waals surface area (Å²) in [6, 6.07) is 23.2. The van der Waals surface area contributed by atoms with Crippen LogP contribution in [-0.2, 0) is 14.9 Å². The summed E-state index contributed by atoms with van der Waals surface area (Å²) in [6.07, 6.45) is 0. The zero-order valence-corrected chi connectivity index (χ0v) is 22.1. The average Bonchev–Trinajstić information content (AvgIpc) is 3.30. The van der Waals surface area contributed by atoms with Gasteiger partial charge in [0.05, 0.1) is 18.0 Å². The molecule has 4 aromatic rings. The predicted molar refractivity (Wildman–Crippen MR) is 147 cm³/mol. The van der Waals surface area contributed by atoms with Gasteiger partial charge in [0, 0.05) is 30.7 Å². The molecular weight excluding hydrogens is 464 g/mol. The van der Waals surface area contributed by atoms with Gasteiger partial charge in [-0.3, -0.25) is 9.59 Å². The Hall–Kier alpha value is -3.97. The fraction of sp³-hybridized carbons (Fsp3) is 0.300. The van der Waals surface area contributed by atoms with Crippen molar-refractivity contribution >= 4 is 28.4 Å². The molecule has 0 spiro atoms. The predicted octanol–water partition coefficient (Wildman–Crippen LogP) is 5.36. The zero-order valence-electron chi connectivity index (χ0n) is 22.1. The van der Waals surface area contributed by atoms with Crippen molar-refractivity contribution in [2.45, 2.75) is 33.1 Å². The van der Waals surface area contributed by atoms with Crippen molar-refractivity contribution in [3.05, 3.63) is 89.6 Å². The number of methoxy groups -OCH3 is 1. The Morgan fingerprint density at radius 1 is 0.973 bits per heavy atom. The van der Waals surface area contributed by atoms with Crippen molar-refractivity contribution in [2.75, 3.05) is 32.1 Å². The van der Waals surface area contributed by atoms with Gasteiger partial charge in [0.15, 0.2) is 0 Å². The first-order valence-corrected chi connectivity index (χ1v) is 12.4. The molecule has 0 saturated heterocycles. The van der Waals surface area contributed by atoms with Crippen LogP contribution in [0.4, 0.5) is 5.82 Å². The number of rotatable bonds is 8. The first kappa shape index (κ1) is 26.1. The average molecular weight is 499 g/mol. The fourth-order valence-corrected chi connectivity index (χ4v) is 4.14. The number of hydrogen-bond donors (Lipinski definition) is 1. The molecule has 192 valence electrons. The van der Waals surface area contributed by atoms with Crippen LogP contribution < -0.4 is 5.32 Å². The van der Waals surface area contributed by atoms with Gasteiger partial charge in [0.2, 0.25) is 5.91 Å². The minimum atomic E-state index is -0.305. The summed E-state index contributed by atoms with van der Waals surface area (Å²) >= 11 is 0. The third-order valence-electron chi connectivity index (χ3n) is 6.27. The van der Waals surface area contributed by atoms with Gasteiger partial charge in [-0.25, -0.2) is 4.68 Å². The number of anilines is 1. The van der Waals surface area contributed by atoms with Gasteiger partial charge >= 0.3 is 0 Å². The van der Waals surface area contributed by atoms with Gasteiger partial charge in [0.25, 0.3) is 5.91 Å².